The lowest BCUT2D eigenvalue weighted by atomic mass is 10.1. The highest BCUT2D eigenvalue weighted by atomic mass is 32.2. The number of rotatable bonds is 2. The van der Waals surface area contributed by atoms with E-state index in [4.69, 9.17) is 0 Å². The van der Waals surface area contributed by atoms with Crippen molar-refractivity contribution in [2.45, 2.75) is 5.16 Å². The Balaban J connectivity index is 1.80. The molecule has 0 saturated carbocycles. The summed E-state index contributed by atoms with van der Waals surface area (Å²) in [7, 11) is 0. The molecule has 22 heavy (non-hydrogen) atoms. The van der Waals surface area contributed by atoms with Crippen LogP contribution in [0.1, 0.15) is 5.56 Å². The van der Waals surface area contributed by atoms with Gasteiger partial charge in [-0.3, -0.25) is 0 Å². The van der Waals surface area contributed by atoms with Gasteiger partial charge in [0.15, 0.2) is 5.82 Å². The molecule has 0 aliphatic carbocycles. The minimum absolute atomic E-state index is 0.273. The first-order chi connectivity index (χ1) is 10.8. The SMILES string of the molecule is Fc1ccc(-c2nnc3n2N=C(c2ccccc2)CS3)cc1. The first kappa shape index (κ1) is 13.2. The Morgan fingerprint density at radius 2 is 1.68 bits per heavy atom. The van der Waals surface area contributed by atoms with E-state index in [1.165, 1.54) is 12.1 Å². The maximum Gasteiger partial charge on any atom is 0.212 e. The van der Waals surface area contributed by atoms with Gasteiger partial charge in [-0.15, -0.1) is 10.2 Å². The summed E-state index contributed by atoms with van der Waals surface area (Å²) in [5.74, 6) is 1.10. The average Bonchev–Trinajstić information content (AvgIpc) is 2.99. The van der Waals surface area contributed by atoms with Gasteiger partial charge in [-0.1, -0.05) is 42.1 Å². The summed E-state index contributed by atoms with van der Waals surface area (Å²) in [6, 6.07) is 16.2. The third kappa shape index (κ3) is 2.31. The third-order valence-electron chi connectivity index (χ3n) is 3.38. The minimum atomic E-state index is -0.273. The van der Waals surface area contributed by atoms with E-state index in [-0.39, 0.29) is 5.82 Å². The molecule has 0 saturated heterocycles. The van der Waals surface area contributed by atoms with E-state index in [1.807, 2.05) is 30.3 Å². The molecule has 1 aromatic heterocycles. The van der Waals surface area contributed by atoms with Crippen LogP contribution in [0.4, 0.5) is 4.39 Å². The van der Waals surface area contributed by atoms with Crippen molar-refractivity contribution in [3.63, 3.8) is 0 Å². The van der Waals surface area contributed by atoms with Crippen LogP contribution in [0, 0.1) is 5.82 Å². The van der Waals surface area contributed by atoms with E-state index < -0.39 is 0 Å². The second-order valence-corrected chi connectivity index (χ2v) is 5.77. The van der Waals surface area contributed by atoms with Gasteiger partial charge in [-0.05, 0) is 29.8 Å². The van der Waals surface area contributed by atoms with Gasteiger partial charge in [0.25, 0.3) is 0 Å². The Kier molecular flexibility index (Phi) is 3.23. The van der Waals surface area contributed by atoms with Crippen LogP contribution in [0.5, 0.6) is 0 Å². The molecule has 2 aromatic carbocycles. The minimum Gasteiger partial charge on any atom is -0.207 e. The topological polar surface area (TPSA) is 43.1 Å². The monoisotopic (exact) mass is 310 g/mol. The van der Waals surface area contributed by atoms with Crippen LogP contribution in [0.3, 0.4) is 0 Å². The number of thioether (sulfide) groups is 1. The van der Waals surface area contributed by atoms with Crippen LogP contribution in [0.25, 0.3) is 11.4 Å². The predicted octanol–water partition coefficient (Wildman–Crippen LogP) is 3.44. The summed E-state index contributed by atoms with van der Waals surface area (Å²) in [5.41, 5.74) is 2.85. The highest BCUT2D eigenvalue weighted by molar-refractivity contribution is 7.99. The van der Waals surface area contributed by atoms with Crippen LogP contribution in [-0.2, 0) is 0 Å². The van der Waals surface area contributed by atoms with E-state index >= 15 is 0 Å². The fourth-order valence-corrected chi connectivity index (χ4v) is 3.12. The molecule has 0 N–H and O–H groups in total. The lowest BCUT2D eigenvalue weighted by molar-refractivity contribution is 0.628. The molecule has 0 amide bonds. The van der Waals surface area contributed by atoms with Crippen molar-refractivity contribution in [2.24, 2.45) is 5.10 Å². The number of halogens is 1. The summed E-state index contributed by atoms with van der Waals surface area (Å²) < 4.78 is 14.8. The van der Waals surface area contributed by atoms with Gasteiger partial charge in [-0.25, -0.2) is 4.39 Å². The Hall–Kier alpha value is -2.47. The zero-order valence-electron chi connectivity index (χ0n) is 11.5. The fourth-order valence-electron chi connectivity index (χ4n) is 2.28. The molecule has 108 valence electrons. The highest BCUT2D eigenvalue weighted by Gasteiger charge is 2.20. The van der Waals surface area contributed by atoms with Gasteiger partial charge in [0.2, 0.25) is 5.16 Å². The Morgan fingerprint density at radius 1 is 0.909 bits per heavy atom. The molecule has 0 fully saturated rings. The lowest BCUT2D eigenvalue weighted by Gasteiger charge is -2.13. The first-order valence-corrected chi connectivity index (χ1v) is 7.77. The zero-order valence-corrected chi connectivity index (χ0v) is 12.3. The van der Waals surface area contributed by atoms with Gasteiger partial charge in [0, 0.05) is 11.3 Å². The maximum atomic E-state index is 13.1. The number of hydrogen-bond acceptors (Lipinski definition) is 4. The second-order valence-electron chi connectivity index (χ2n) is 4.83. The van der Waals surface area contributed by atoms with Gasteiger partial charge < -0.3 is 0 Å². The van der Waals surface area contributed by atoms with Crippen molar-refractivity contribution in [3.05, 3.63) is 66.0 Å². The van der Waals surface area contributed by atoms with Crippen LogP contribution in [-0.4, -0.2) is 26.3 Å². The highest BCUT2D eigenvalue weighted by Crippen LogP contribution is 2.28. The Morgan fingerprint density at radius 3 is 2.45 bits per heavy atom. The summed E-state index contributed by atoms with van der Waals surface area (Å²) >= 11 is 1.59. The van der Waals surface area contributed by atoms with Crippen LogP contribution >= 0.6 is 11.8 Å². The molecular weight excluding hydrogens is 299 g/mol. The summed E-state index contributed by atoms with van der Waals surface area (Å²) in [6.07, 6.45) is 0. The van der Waals surface area contributed by atoms with Crippen molar-refractivity contribution in [2.75, 3.05) is 5.75 Å². The van der Waals surface area contributed by atoms with E-state index in [0.29, 0.717) is 5.82 Å². The maximum absolute atomic E-state index is 13.1. The van der Waals surface area contributed by atoms with Crippen molar-refractivity contribution >= 4 is 17.5 Å². The van der Waals surface area contributed by atoms with Crippen molar-refractivity contribution in [1.29, 1.82) is 0 Å². The fraction of sp³-hybridized carbons (Fsp3) is 0.0625. The molecule has 1 aliphatic rings. The van der Waals surface area contributed by atoms with E-state index in [9.17, 15) is 4.39 Å². The largest absolute Gasteiger partial charge is 0.212 e. The second kappa shape index (κ2) is 5.38. The smallest absolute Gasteiger partial charge is 0.207 e. The molecule has 1 aliphatic heterocycles. The van der Waals surface area contributed by atoms with Crippen LogP contribution in [0.2, 0.25) is 0 Å². The first-order valence-electron chi connectivity index (χ1n) is 6.79. The number of fused-ring (bicyclic) bond motifs is 1. The number of nitrogens with zero attached hydrogens (tertiary/aromatic N) is 4. The van der Waals surface area contributed by atoms with Crippen molar-refractivity contribution in [1.82, 2.24) is 14.9 Å². The van der Waals surface area contributed by atoms with Crippen molar-refractivity contribution in [3.8, 4) is 11.4 Å². The zero-order chi connectivity index (χ0) is 14.9. The summed E-state index contributed by atoms with van der Waals surface area (Å²) in [4.78, 5) is 0. The Labute approximate surface area is 130 Å². The summed E-state index contributed by atoms with van der Waals surface area (Å²) in [6.45, 7) is 0. The molecule has 4 rings (SSSR count). The standard InChI is InChI=1S/C16H11FN4S/c17-13-8-6-12(7-9-13)15-18-19-16-21(15)20-14(10-22-16)11-4-2-1-3-5-11/h1-9H,10H2. The number of hydrogen-bond donors (Lipinski definition) is 0. The van der Waals surface area contributed by atoms with E-state index in [0.717, 1.165) is 27.7 Å². The van der Waals surface area contributed by atoms with Gasteiger partial charge >= 0.3 is 0 Å². The predicted molar refractivity (Wildman–Crippen MR) is 84.5 cm³/mol. The molecule has 2 heterocycles. The molecule has 0 atom stereocenters. The molecule has 3 aromatic rings. The van der Waals surface area contributed by atoms with Crippen LogP contribution in [0.15, 0.2) is 64.9 Å². The average molecular weight is 310 g/mol. The van der Waals surface area contributed by atoms with E-state index in [2.05, 4.69) is 15.3 Å². The van der Waals surface area contributed by atoms with Gasteiger partial charge in [0.05, 0.1) is 5.71 Å². The molecule has 4 nitrogen and oxygen atoms in total. The molecular formula is C16H11FN4S. The quantitative estimate of drug-likeness (QED) is 0.728. The molecule has 0 spiro atoms. The van der Waals surface area contributed by atoms with Crippen molar-refractivity contribution < 1.29 is 4.39 Å². The van der Waals surface area contributed by atoms with Gasteiger partial charge in [-0.2, -0.15) is 9.78 Å². The molecule has 0 radical (unpaired) electrons. The third-order valence-corrected chi connectivity index (χ3v) is 4.31. The summed E-state index contributed by atoms with van der Waals surface area (Å²) in [5, 5.41) is 13.8. The van der Waals surface area contributed by atoms with Gasteiger partial charge in [0.1, 0.15) is 5.82 Å². The molecule has 6 heteroatoms. The molecule has 0 unspecified atom stereocenters. The molecule has 0 bridgehead atoms. The lowest BCUT2D eigenvalue weighted by Crippen LogP contribution is -2.13. The number of benzene rings is 2. The number of aromatic nitrogens is 3. The Bertz CT molecular complexity index is 840. The van der Waals surface area contributed by atoms with Crippen LogP contribution < -0.4 is 0 Å². The normalized spacial score (nSPS) is 13.6. The van der Waals surface area contributed by atoms with E-state index in [1.54, 1.807) is 28.6 Å².